The van der Waals surface area contributed by atoms with Gasteiger partial charge in [0.05, 0.1) is 28.5 Å². The molecule has 3 aromatic carbocycles. The molecule has 0 unspecified atom stereocenters. The molecule has 5 heteroatoms. The maximum atomic E-state index is 5.47. The van der Waals surface area contributed by atoms with Crippen LogP contribution >= 0.6 is 0 Å². The van der Waals surface area contributed by atoms with Gasteiger partial charge < -0.3 is 9.97 Å². The molecule has 5 heterocycles. The Balaban J connectivity index is 1.50. The monoisotopic (exact) mass is 789 g/mol. The van der Waals surface area contributed by atoms with Crippen molar-refractivity contribution < 1.29 is 0 Å². The Hall–Kier alpha value is -6.07. The van der Waals surface area contributed by atoms with Gasteiger partial charge in [0.2, 0.25) is 0 Å². The number of aliphatic imine (C=N–C) groups is 1. The first kappa shape index (κ1) is 40.7. The fourth-order valence-corrected chi connectivity index (χ4v) is 7.83. The van der Waals surface area contributed by atoms with Gasteiger partial charge in [-0.25, -0.2) is 9.97 Å². The summed E-state index contributed by atoms with van der Waals surface area (Å²) in [5.74, 6) is 0. The molecular formula is C55H59N5. The predicted octanol–water partition coefficient (Wildman–Crippen LogP) is 14.9. The van der Waals surface area contributed by atoms with Crippen molar-refractivity contribution in [3.05, 3.63) is 148 Å². The molecule has 0 radical (unpaired) electrons. The lowest BCUT2D eigenvalue weighted by Gasteiger charge is -2.26. The van der Waals surface area contributed by atoms with Crippen molar-refractivity contribution in [3.63, 3.8) is 0 Å². The summed E-state index contributed by atoms with van der Waals surface area (Å²) in [6.07, 6.45) is 10.5. The van der Waals surface area contributed by atoms with Crippen LogP contribution in [0.4, 0.5) is 5.69 Å². The molecule has 2 aliphatic rings. The number of fused-ring (bicyclic) bond motifs is 8. The number of rotatable bonds is 4. The highest BCUT2D eigenvalue weighted by molar-refractivity contribution is 6.00. The molecule has 0 aliphatic carbocycles. The van der Waals surface area contributed by atoms with Crippen LogP contribution in [0.25, 0.3) is 68.6 Å². The van der Waals surface area contributed by atoms with Crippen molar-refractivity contribution in [3.8, 4) is 22.3 Å². The van der Waals surface area contributed by atoms with Crippen molar-refractivity contribution in [1.29, 1.82) is 0 Å². The molecule has 8 rings (SSSR count). The van der Waals surface area contributed by atoms with Gasteiger partial charge in [0.15, 0.2) is 0 Å². The molecule has 0 saturated heterocycles. The lowest BCUT2D eigenvalue weighted by molar-refractivity contribution is 0.568. The SMILES string of the molecule is CC(C)(C)c1cc(-c2c3nc(c(C=Nc4ccccc4)c4ccc([nH]4)c(-c4cc(C(C)(C)C)cc(C(C)(C)C)c4)c4nc(cc5ccc2[nH]5)C=C4)C=C3)cc(C(C)(C)C)c1. The standard InChI is InChI=1S/C55H59N5/c1-52(2,3)36-26-34(27-37(30-36)53(4,5)6)50-46-20-18-41(57-46)32-42-19-21-47(58-42)51(35-28-38(54(7,8)9)31-39(29-35)55(10,11)12)49-25-23-45(60-49)43(44-22-24-48(50)59-44)33-56-40-16-14-13-15-17-40/h13-33,57,60H,1-12H3. The minimum Gasteiger partial charge on any atom is -0.355 e. The third kappa shape index (κ3) is 8.36. The van der Waals surface area contributed by atoms with Crippen LogP contribution in [0, 0.1) is 0 Å². The van der Waals surface area contributed by atoms with Crippen LogP contribution in [-0.4, -0.2) is 26.2 Å². The van der Waals surface area contributed by atoms with Gasteiger partial charge in [-0.15, -0.1) is 0 Å². The van der Waals surface area contributed by atoms with Gasteiger partial charge in [-0.2, -0.15) is 0 Å². The number of aromatic amines is 2. The second-order valence-electron chi connectivity index (χ2n) is 20.6. The molecule has 0 spiro atoms. The number of H-pyrrole nitrogens is 2. The van der Waals surface area contributed by atoms with E-state index in [1.54, 1.807) is 0 Å². The van der Waals surface area contributed by atoms with Crippen molar-refractivity contribution in [2.45, 2.75) is 105 Å². The topological polar surface area (TPSA) is 69.7 Å². The van der Waals surface area contributed by atoms with E-state index in [9.17, 15) is 0 Å². The Bertz CT molecular complexity index is 2750. The summed E-state index contributed by atoms with van der Waals surface area (Å²) in [7, 11) is 0. The summed E-state index contributed by atoms with van der Waals surface area (Å²) in [5.41, 5.74) is 18.5. The second kappa shape index (κ2) is 14.9. The Morgan fingerprint density at radius 1 is 0.450 bits per heavy atom. The van der Waals surface area contributed by atoms with Crippen molar-refractivity contribution in [1.82, 2.24) is 19.9 Å². The molecule has 0 atom stereocenters. The van der Waals surface area contributed by atoms with Gasteiger partial charge in [-0.3, -0.25) is 4.99 Å². The Morgan fingerprint density at radius 2 is 0.917 bits per heavy atom. The molecule has 60 heavy (non-hydrogen) atoms. The lowest BCUT2D eigenvalue weighted by Crippen LogP contribution is -2.16. The van der Waals surface area contributed by atoms with Gasteiger partial charge in [0.1, 0.15) is 0 Å². The first-order valence-electron chi connectivity index (χ1n) is 21.3. The number of nitrogens with one attached hydrogen (secondary N) is 2. The van der Waals surface area contributed by atoms with Crippen LogP contribution in [0.2, 0.25) is 0 Å². The van der Waals surface area contributed by atoms with Crippen LogP contribution in [0.3, 0.4) is 0 Å². The average Bonchev–Trinajstić information content (AvgIpc) is 4.01. The molecule has 2 N–H and O–H groups in total. The highest BCUT2D eigenvalue weighted by Gasteiger charge is 2.25. The fraction of sp³-hybridized carbons (Fsp3) is 0.291. The molecule has 0 amide bonds. The highest BCUT2D eigenvalue weighted by atomic mass is 14.8. The summed E-state index contributed by atoms with van der Waals surface area (Å²) in [6.45, 7) is 27.4. The maximum absolute atomic E-state index is 5.47. The number of hydrogen-bond acceptors (Lipinski definition) is 3. The van der Waals surface area contributed by atoms with Crippen molar-refractivity contribution in [2.75, 3.05) is 0 Å². The molecule has 2 aliphatic heterocycles. The largest absolute Gasteiger partial charge is 0.355 e. The van der Waals surface area contributed by atoms with Crippen LogP contribution in [0.5, 0.6) is 0 Å². The van der Waals surface area contributed by atoms with E-state index in [2.05, 4.69) is 184 Å². The van der Waals surface area contributed by atoms with E-state index in [0.29, 0.717) is 0 Å². The summed E-state index contributed by atoms with van der Waals surface area (Å²) >= 11 is 0. The third-order valence-corrected chi connectivity index (χ3v) is 11.6. The Labute approximate surface area is 356 Å². The molecule has 6 aromatic rings. The molecule has 3 aromatic heterocycles. The first-order valence-corrected chi connectivity index (χ1v) is 21.3. The Kier molecular flexibility index (Phi) is 10.1. The molecule has 304 valence electrons. The van der Waals surface area contributed by atoms with E-state index in [4.69, 9.17) is 15.0 Å². The molecule has 8 bridgehead atoms. The zero-order valence-corrected chi connectivity index (χ0v) is 37.5. The van der Waals surface area contributed by atoms with Crippen LogP contribution < -0.4 is 0 Å². The number of hydrogen-bond donors (Lipinski definition) is 2. The summed E-state index contributed by atoms with van der Waals surface area (Å²) in [4.78, 5) is 23.5. The average molecular weight is 790 g/mol. The van der Waals surface area contributed by atoms with Crippen molar-refractivity contribution >= 4 is 58.3 Å². The summed E-state index contributed by atoms with van der Waals surface area (Å²) in [6, 6.07) is 35.1. The van der Waals surface area contributed by atoms with Gasteiger partial charge in [0.25, 0.3) is 0 Å². The minimum absolute atomic E-state index is 0.0479. The number of nitrogens with zero attached hydrogens (tertiary/aromatic N) is 3. The Morgan fingerprint density at radius 3 is 1.47 bits per heavy atom. The van der Waals surface area contributed by atoms with Crippen LogP contribution in [0.1, 0.15) is 134 Å². The van der Waals surface area contributed by atoms with Crippen molar-refractivity contribution in [2.24, 2.45) is 4.99 Å². The lowest BCUT2D eigenvalue weighted by atomic mass is 9.78. The summed E-state index contributed by atoms with van der Waals surface area (Å²) in [5, 5.41) is 0. The zero-order chi connectivity index (χ0) is 42.8. The first-order chi connectivity index (χ1) is 28.2. The molecule has 5 nitrogen and oxygen atoms in total. The molecular weight excluding hydrogens is 731 g/mol. The van der Waals surface area contributed by atoms with Gasteiger partial charge in [0, 0.05) is 45.0 Å². The van der Waals surface area contributed by atoms with E-state index in [1.165, 1.54) is 22.3 Å². The van der Waals surface area contributed by atoms with E-state index >= 15 is 0 Å². The number of aromatic nitrogens is 4. The van der Waals surface area contributed by atoms with Crippen LogP contribution in [0.15, 0.2) is 102 Å². The maximum Gasteiger partial charge on any atom is 0.0746 e. The fourth-order valence-electron chi connectivity index (χ4n) is 7.83. The predicted molar refractivity (Wildman–Crippen MR) is 258 cm³/mol. The minimum atomic E-state index is -0.0479. The van der Waals surface area contributed by atoms with E-state index in [0.717, 1.165) is 78.3 Å². The zero-order valence-electron chi connectivity index (χ0n) is 37.5. The quantitative estimate of drug-likeness (QED) is 0.174. The molecule has 0 fully saturated rings. The smallest absolute Gasteiger partial charge is 0.0746 e. The van der Waals surface area contributed by atoms with E-state index in [-0.39, 0.29) is 21.7 Å². The van der Waals surface area contributed by atoms with Gasteiger partial charge >= 0.3 is 0 Å². The van der Waals surface area contributed by atoms with E-state index in [1.807, 2.05) is 36.5 Å². The van der Waals surface area contributed by atoms with Gasteiger partial charge in [-0.05, 0) is 122 Å². The number of benzene rings is 3. The highest BCUT2D eigenvalue weighted by Crippen LogP contribution is 2.40. The molecule has 0 saturated carbocycles. The van der Waals surface area contributed by atoms with E-state index < -0.39 is 0 Å². The normalized spacial score (nSPS) is 13.5. The second-order valence-corrected chi connectivity index (χ2v) is 20.6. The van der Waals surface area contributed by atoms with Crippen LogP contribution in [-0.2, 0) is 21.7 Å². The number of para-hydroxylation sites is 1. The van der Waals surface area contributed by atoms with Gasteiger partial charge in [-0.1, -0.05) is 138 Å². The summed E-state index contributed by atoms with van der Waals surface area (Å²) < 4.78 is 0. The third-order valence-electron chi connectivity index (χ3n) is 11.6.